The largest absolute Gasteiger partial charge is 0.380 e. The van der Waals surface area contributed by atoms with Crippen LogP contribution in [0.25, 0.3) is 10.9 Å². The molecule has 3 heterocycles. The smallest absolute Gasteiger partial charge is 0.0770 e. The second-order valence-electron chi connectivity index (χ2n) is 5.09. The molecule has 1 unspecified atom stereocenters. The minimum Gasteiger partial charge on any atom is -0.380 e. The summed E-state index contributed by atoms with van der Waals surface area (Å²) in [5, 5.41) is 12.5. The van der Waals surface area contributed by atoms with Crippen LogP contribution >= 0.6 is 0 Å². The van der Waals surface area contributed by atoms with Gasteiger partial charge in [-0.3, -0.25) is 9.67 Å². The van der Waals surface area contributed by atoms with Crippen LogP contribution < -0.4 is 10.6 Å². The number of pyridine rings is 1. The van der Waals surface area contributed by atoms with Gasteiger partial charge in [-0.05, 0) is 6.07 Å². The van der Waals surface area contributed by atoms with Gasteiger partial charge in [0.05, 0.1) is 35.3 Å². The molecule has 0 fully saturated rings. The van der Waals surface area contributed by atoms with Crippen molar-refractivity contribution in [2.24, 2.45) is 7.05 Å². The molecule has 100 valence electrons. The van der Waals surface area contributed by atoms with Gasteiger partial charge in [0.2, 0.25) is 0 Å². The van der Waals surface area contributed by atoms with Gasteiger partial charge in [-0.2, -0.15) is 5.10 Å². The molecule has 1 atom stereocenters. The number of fused-ring (bicyclic) bond motifs is 3. The zero-order valence-corrected chi connectivity index (χ0v) is 11.2. The topological polar surface area (TPSA) is 54.8 Å². The second kappa shape index (κ2) is 4.23. The summed E-state index contributed by atoms with van der Waals surface area (Å²) in [5.41, 5.74) is 4.37. The highest BCUT2D eigenvalue weighted by molar-refractivity contribution is 5.98. The van der Waals surface area contributed by atoms with E-state index in [0.29, 0.717) is 0 Å². The Kier molecular flexibility index (Phi) is 2.39. The van der Waals surface area contributed by atoms with Crippen molar-refractivity contribution in [3.8, 4) is 0 Å². The molecular weight excluding hydrogens is 250 g/mol. The monoisotopic (exact) mass is 265 g/mol. The number of hydrogen-bond acceptors (Lipinski definition) is 4. The maximum absolute atomic E-state index is 4.48. The zero-order chi connectivity index (χ0) is 13.5. The van der Waals surface area contributed by atoms with Gasteiger partial charge in [0, 0.05) is 30.7 Å². The lowest BCUT2D eigenvalue weighted by Gasteiger charge is -2.28. The highest BCUT2D eigenvalue weighted by Gasteiger charge is 2.21. The van der Waals surface area contributed by atoms with Gasteiger partial charge in [-0.15, -0.1) is 0 Å². The maximum Gasteiger partial charge on any atom is 0.0770 e. The molecule has 5 nitrogen and oxygen atoms in total. The van der Waals surface area contributed by atoms with Gasteiger partial charge in [0.1, 0.15) is 0 Å². The molecule has 20 heavy (non-hydrogen) atoms. The van der Waals surface area contributed by atoms with Crippen molar-refractivity contribution >= 4 is 22.3 Å². The number of rotatable bonds is 1. The molecule has 0 bridgehead atoms. The number of nitrogens with zero attached hydrogens (tertiary/aromatic N) is 3. The Morgan fingerprint density at radius 2 is 2.15 bits per heavy atom. The highest BCUT2D eigenvalue weighted by Crippen LogP contribution is 2.36. The maximum atomic E-state index is 4.48. The van der Waals surface area contributed by atoms with E-state index in [2.05, 4.69) is 26.8 Å². The minimum atomic E-state index is 0.224. The number of nitrogens with one attached hydrogen (secondary N) is 2. The lowest BCUT2D eigenvalue weighted by Crippen LogP contribution is -2.25. The number of anilines is 2. The van der Waals surface area contributed by atoms with Crippen LogP contribution in [0.15, 0.2) is 42.9 Å². The van der Waals surface area contributed by atoms with Crippen LogP contribution in [0, 0.1) is 0 Å². The molecule has 2 N–H and O–H groups in total. The lowest BCUT2D eigenvalue weighted by atomic mass is 10.1. The molecule has 4 rings (SSSR count). The Bertz CT molecular complexity index is 777. The number of benzene rings is 1. The SMILES string of the molecule is Cn1cc(C2CNc3cnc4ccccc4c3N2)cn1. The fraction of sp³-hybridized carbons (Fsp3) is 0.200. The standard InChI is InChI=1S/C15H15N5/c1-20-9-10(6-18-20)13-7-17-14-8-16-12-5-3-2-4-11(12)15(14)19-13/h2-6,8-9,13,17,19H,7H2,1H3. The van der Waals surface area contributed by atoms with Gasteiger partial charge in [0.15, 0.2) is 0 Å². The minimum absolute atomic E-state index is 0.224. The van der Waals surface area contributed by atoms with Gasteiger partial charge < -0.3 is 10.6 Å². The molecular formula is C15H15N5. The van der Waals surface area contributed by atoms with Crippen molar-refractivity contribution in [1.29, 1.82) is 0 Å². The molecule has 2 aromatic heterocycles. The Balaban J connectivity index is 1.79. The van der Waals surface area contributed by atoms with Crippen molar-refractivity contribution < 1.29 is 0 Å². The number of aromatic nitrogens is 3. The third-order valence-corrected chi connectivity index (χ3v) is 3.72. The van der Waals surface area contributed by atoms with Crippen molar-refractivity contribution in [3.63, 3.8) is 0 Å². The first-order valence-corrected chi connectivity index (χ1v) is 6.68. The van der Waals surface area contributed by atoms with Gasteiger partial charge >= 0.3 is 0 Å². The third-order valence-electron chi connectivity index (χ3n) is 3.72. The van der Waals surface area contributed by atoms with Crippen LogP contribution in [0.3, 0.4) is 0 Å². The highest BCUT2D eigenvalue weighted by atomic mass is 15.2. The number of aryl methyl sites for hydroxylation is 1. The molecule has 1 aliphatic heterocycles. The Labute approximate surface area is 116 Å². The molecule has 3 aromatic rings. The van der Waals surface area contributed by atoms with Crippen molar-refractivity contribution in [2.45, 2.75) is 6.04 Å². The van der Waals surface area contributed by atoms with Crippen LogP contribution in [0.5, 0.6) is 0 Å². The Hall–Kier alpha value is -2.56. The van der Waals surface area contributed by atoms with E-state index in [0.717, 1.165) is 28.8 Å². The first kappa shape index (κ1) is 11.3. The van der Waals surface area contributed by atoms with E-state index in [4.69, 9.17) is 0 Å². The van der Waals surface area contributed by atoms with Crippen molar-refractivity contribution in [2.75, 3.05) is 17.2 Å². The molecule has 0 amide bonds. The Morgan fingerprint density at radius 1 is 1.25 bits per heavy atom. The number of para-hydroxylation sites is 1. The lowest BCUT2D eigenvalue weighted by molar-refractivity contribution is 0.761. The normalized spacial score (nSPS) is 17.4. The average molecular weight is 265 g/mol. The number of hydrogen-bond donors (Lipinski definition) is 2. The first-order chi connectivity index (χ1) is 9.81. The van der Waals surface area contributed by atoms with E-state index in [9.17, 15) is 0 Å². The summed E-state index contributed by atoms with van der Waals surface area (Å²) in [6.07, 6.45) is 5.85. The van der Waals surface area contributed by atoms with Crippen LogP contribution in [0.4, 0.5) is 11.4 Å². The summed E-state index contributed by atoms with van der Waals surface area (Å²) in [5.74, 6) is 0. The van der Waals surface area contributed by atoms with Gasteiger partial charge in [-0.25, -0.2) is 0 Å². The van der Waals surface area contributed by atoms with Crippen LogP contribution in [-0.4, -0.2) is 21.3 Å². The molecule has 0 radical (unpaired) electrons. The van der Waals surface area contributed by atoms with Gasteiger partial charge in [0.25, 0.3) is 0 Å². The third kappa shape index (κ3) is 1.71. The summed E-state index contributed by atoms with van der Waals surface area (Å²) < 4.78 is 1.83. The van der Waals surface area contributed by atoms with Gasteiger partial charge in [-0.1, -0.05) is 18.2 Å². The fourth-order valence-corrected chi connectivity index (χ4v) is 2.69. The molecule has 0 spiro atoms. The summed E-state index contributed by atoms with van der Waals surface area (Å²) in [7, 11) is 1.94. The van der Waals surface area contributed by atoms with Crippen molar-refractivity contribution in [1.82, 2.24) is 14.8 Å². The molecule has 1 aliphatic rings. The summed E-state index contributed by atoms with van der Waals surface area (Å²) >= 11 is 0. The first-order valence-electron chi connectivity index (χ1n) is 6.68. The molecule has 1 aromatic carbocycles. The van der Waals surface area contributed by atoms with E-state index in [1.165, 1.54) is 5.56 Å². The summed E-state index contributed by atoms with van der Waals surface area (Å²) in [4.78, 5) is 4.48. The Morgan fingerprint density at radius 3 is 3.00 bits per heavy atom. The molecule has 0 saturated heterocycles. The second-order valence-corrected chi connectivity index (χ2v) is 5.09. The van der Waals surface area contributed by atoms with E-state index in [1.54, 1.807) is 0 Å². The summed E-state index contributed by atoms with van der Waals surface area (Å²) in [6.45, 7) is 0.832. The summed E-state index contributed by atoms with van der Waals surface area (Å²) in [6, 6.07) is 8.41. The molecule has 5 heteroatoms. The fourth-order valence-electron chi connectivity index (χ4n) is 2.69. The average Bonchev–Trinajstić information content (AvgIpc) is 2.93. The quantitative estimate of drug-likeness (QED) is 0.710. The van der Waals surface area contributed by atoms with Crippen LogP contribution in [-0.2, 0) is 7.05 Å². The van der Waals surface area contributed by atoms with Crippen LogP contribution in [0.2, 0.25) is 0 Å². The van der Waals surface area contributed by atoms with E-state index < -0.39 is 0 Å². The molecule has 0 saturated carbocycles. The zero-order valence-electron chi connectivity index (χ0n) is 11.2. The van der Waals surface area contributed by atoms with Crippen molar-refractivity contribution in [3.05, 3.63) is 48.4 Å². The van der Waals surface area contributed by atoms with Crippen LogP contribution in [0.1, 0.15) is 11.6 Å². The predicted molar refractivity (Wildman–Crippen MR) is 79.8 cm³/mol. The van der Waals surface area contributed by atoms with E-state index in [1.807, 2.05) is 48.5 Å². The predicted octanol–water partition coefficient (Wildman–Crippen LogP) is 2.55. The van der Waals surface area contributed by atoms with E-state index >= 15 is 0 Å². The van der Waals surface area contributed by atoms with E-state index in [-0.39, 0.29) is 6.04 Å². The molecule has 0 aliphatic carbocycles.